The molecule has 0 spiro atoms. The number of para-hydroxylation sites is 2. The number of rotatable bonds is 12. The van der Waals surface area contributed by atoms with E-state index in [2.05, 4.69) is 22.8 Å². The Balaban J connectivity index is 0.916. The summed E-state index contributed by atoms with van der Waals surface area (Å²) < 4.78 is 15.7. The van der Waals surface area contributed by atoms with E-state index in [1.54, 1.807) is 24.3 Å². The fourth-order valence-electron chi connectivity index (χ4n) is 10.5. The molecule has 0 amide bonds. The van der Waals surface area contributed by atoms with E-state index in [1.165, 1.54) is 0 Å². The van der Waals surface area contributed by atoms with Crippen LogP contribution in [0.2, 0.25) is 0 Å². The summed E-state index contributed by atoms with van der Waals surface area (Å²) in [6, 6.07) is 80.0. The number of carbonyl (C=O) groups excluding carboxylic acids is 2. The molecule has 3 heterocycles. The van der Waals surface area contributed by atoms with Crippen molar-refractivity contribution in [3.63, 3.8) is 0 Å². The molecule has 10 aromatic carbocycles. The normalized spacial score (nSPS) is 11.2. The van der Waals surface area contributed by atoms with E-state index in [-0.39, 0.29) is 13.2 Å². The third-order valence-corrected chi connectivity index (χ3v) is 14.3. The second-order valence-electron chi connectivity index (χ2n) is 19.2. The molecule has 13 rings (SSSR count). The lowest BCUT2D eigenvalue weighted by Crippen LogP contribution is -2.05. The van der Waals surface area contributed by atoms with Crippen LogP contribution >= 0.6 is 0 Å². The number of carbonyl (C=O) groups is 2. The highest BCUT2D eigenvalue weighted by molar-refractivity contribution is 6.13. The maximum atomic E-state index is 13.5. The molecule has 0 fully saturated rings. The summed E-state index contributed by atoms with van der Waals surface area (Å²) in [5, 5.41) is 24.7. The Hall–Kier alpha value is -11.3. The van der Waals surface area contributed by atoms with Gasteiger partial charge in [0, 0.05) is 43.8 Å². The number of esters is 2. The summed E-state index contributed by atoms with van der Waals surface area (Å²) in [5.74, 6) is 0.333. The molecule has 80 heavy (non-hydrogen) atoms. The van der Waals surface area contributed by atoms with Crippen molar-refractivity contribution < 1.29 is 19.1 Å². The van der Waals surface area contributed by atoms with Crippen molar-refractivity contribution >= 4 is 55.6 Å². The van der Waals surface area contributed by atoms with E-state index < -0.39 is 11.9 Å². The number of hydrogen-bond donors (Lipinski definition) is 0. The van der Waals surface area contributed by atoms with Crippen LogP contribution in [0.1, 0.15) is 43.0 Å². The number of nitriles is 2. The SMILES string of the molecule is N#Cc1cccc(-c2cc(-c3nc(-c4ccccc4)nc(-c4ccc(-n5c6ccccc6c6cc(C(=O)OCc7ccccc7)ccc65)c(C#N)c4)n3)ccc2-n2c3ccccc3c3cc(C(=O)OCc4ccccc4)ccc32)c1. The second-order valence-corrected chi connectivity index (χ2v) is 19.2. The van der Waals surface area contributed by atoms with E-state index in [0.29, 0.717) is 56.5 Å². The van der Waals surface area contributed by atoms with Crippen molar-refractivity contribution in [1.82, 2.24) is 24.1 Å². The van der Waals surface area contributed by atoms with E-state index in [9.17, 15) is 20.1 Å². The van der Waals surface area contributed by atoms with Gasteiger partial charge < -0.3 is 18.6 Å². The lowest BCUT2D eigenvalue weighted by molar-refractivity contribution is 0.0464. The summed E-state index contributed by atoms with van der Waals surface area (Å²) in [5.41, 5.74) is 12.1. The molecule has 3 aromatic heterocycles. The topological polar surface area (TPSA) is 149 Å². The maximum absolute atomic E-state index is 13.5. The van der Waals surface area contributed by atoms with Crippen LogP contribution in [-0.4, -0.2) is 36.0 Å². The Morgan fingerprint density at radius 1 is 0.388 bits per heavy atom. The summed E-state index contributed by atoms with van der Waals surface area (Å²) >= 11 is 0. The molecule has 0 aliphatic carbocycles. The summed E-state index contributed by atoms with van der Waals surface area (Å²) in [7, 11) is 0. The Bertz CT molecular complexity index is 4670. The summed E-state index contributed by atoms with van der Waals surface area (Å²) in [4.78, 5) is 42.2. The van der Waals surface area contributed by atoms with Gasteiger partial charge in [-0.25, -0.2) is 24.5 Å². The zero-order chi connectivity index (χ0) is 54.1. The monoisotopic (exact) mass is 1030 g/mol. The Morgan fingerprint density at radius 3 is 1.40 bits per heavy atom. The average Bonchev–Trinajstić information content (AvgIpc) is 4.12. The van der Waals surface area contributed by atoms with Crippen LogP contribution in [-0.2, 0) is 22.7 Å². The van der Waals surface area contributed by atoms with Gasteiger partial charge in [0.15, 0.2) is 17.5 Å². The molecule has 0 aliphatic heterocycles. The van der Waals surface area contributed by atoms with E-state index in [4.69, 9.17) is 24.4 Å². The lowest BCUT2D eigenvalue weighted by atomic mass is 9.98. The highest BCUT2D eigenvalue weighted by Gasteiger charge is 2.23. The molecule has 0 saturated carbocycles. The zero-order valence-corrected chi connectivity index (χ0v) is 42.7. The minimum atomic E-state index is -0.431. The molecule has 11 nitrogen and oxygen atoms in total. The van der Waals surface area contributed by atoms with Crippen molar-refractivity contribution in [1.29, 1.82) is 10.5 Å². The van der Waals surface area contributed by atoms with Gasteiger partial charge in [-0.1, -0.05) is 140 Å². The zero-order valence-electron chi connectivity index (χ0n) is 42.7. The van der Waals surface area contributed by atoms with E-state index in [0.717, 1.165) is 77.1 Å². The van der Waals surface area contributed by atoms with Crippen LogP contribution in [0.5, 0.6) is 0 Å². The van der Waals surface area contributed by atoms with Gasteiger partial charge in [-0.3, -0.25) is 0 Å². The molecular weight excluding hydrogens is 991 g/mol. The Morgan fingerprint density at radius 2 is 0.850 bits per heavy atom. The largest absolute Gasteiger partial charge is 0.457 e. The van der Waals surface area contributed by atoms with Gasteiger partial charge in [0.05, 0.1) is 61.8 Å². The van der Waals surface area contributed by atoms with Gasteiger partial charge in [-0.15, -0.1) is 0 Å². The number of aromatic nitrogens is 5. The number of hydrogen-bond acceptors (Lipinski definition) is 9. The molecule has 0 atom stereocenters. The van der Waals surface area contributed by atoms with Gasteiger partial charge in [0.25, 0.3) is 0 Å². The molecular formula is C69H43N7O4. The van der Waals surface area contributed by atoms with Gasteiger partial charge in [-0.2, -0.15) is 10.5 Å². The first kappa shape index (κ1) is 48.4. The number of ether oxygens (including phenoxy) is 2. The molecule has 0 aliphatic rings. The number of fused-ring (bicyclic) bond motifs is 6. The highest BCUT2D eigenvalue weighted by atomic mass is 16.5. The first-order chi connectivity index (χ1) is 39.4. The fourth-order valence-corrected chi connectivity index (χ4v) is 10.5. The van der Waals surface area contributed by atoms with Crippen molar-refractivity contribution in [2.45, 2.75) is 13.2 Å². The number of nitrogens with zero attached hydrogens (tertiary/aromatic N) is 7. The fraction of sp³-hybridized carbons (Fsp3) is 0.0290. The molecule has 13 aromatic rings. The predicted octanol–water partition coefficient (Wildman–Crippen LogP) is 15.2. The molecule has 0 saturated heterocycles. The van der Waals surface area contributed by atoms with Crippen molar-refractivity contribution in [2.75, 3.05) is 0 Å². The smallest absolute Gasteiger partial charge is 0.338 e. The third-order valence-electron chi connectivity index (χ3n) is 14.3. The van der Waals surface area contributed by atoms with Crippen LogP contribution in [0, 0.1) is 22.7 Å². The highest BCUT2D eigenvalue weighted by Crippen LogP contribution is 2.40. The Labute approximate surface area is 459 Å². The second kappa shape index (κ2) is 20.7. The van der Waals surface area contributed by atoms with Crippen LogP contribution in [0.15, 0.2) is 237 Å². The van der Waals surface area contributed by atoms with Crippen molar-refractivity contribution in [3.05, 3.63) is 270 Å². The van der Waals surface area contributed by atoms with Gasteiger partial charge in [0.2, 0.25) is 0 Å². The van der Waals surface area contributed by atoms with Crippen LogP contribution in [0.4, 0.5) is 0 Å². The molecule has 11 heteroatoms. The summed E-state index contributed by atoms with van der Waals surface area (Å²) in [6.07, 6.45) is 0. The quantitative estimate of drug-likeness (QED) is 0.109. The minimum absolute atomic E-state index is 0.154. The predicted molar refractivity (Wildman–Crippen MR) is 311 cm³/mol. The van der Waals surface area contributed by atoms with E-state index in [1.807, 2.05) is 211 Å². The molecule has 0 unspecified atom stereocenters. The van der Waals surface area contributed by atoms with Crippen LogP contribution in [0.3, 0.4) is 0 Å². The van der Waals surface area contributed by atoms with Crippen LogP contribution in [0.25, 0.3) is 100 Å². The van der Waals surface area contributed by atoms with Crippen molar-refractivity contribution in [2.24, 2.45) is 0 Å². The molecule has 0 bridgehead atoms. The maximum Gasteiger partial charge on any atom is 0.338 e. The standard InChI is InChI=1S/C69H43N7O4/c70-40-46-19-14-22-48(35-46)56-37-50(28-32-62(56)76-61-26-13-11-24-55(61)58-39-52(30-34-64(58)76)69(78)80-43-45-17-6-2-7-18-45)67-73-65(47-20-8-3-9-21-47)72-66(74-67)49-27-31-59(53(36-49)41-71)75-60-25-12-10-23-54(60)57-38-51(29-33-63(57)75)68(77)79-42-44-15-4-1-5-16-44/h1-39H,42-43H2. The Kier molecular flexibility index (Phi) is 12.5. The minimum Gasteiger partial charge on any atom is -0.457 e. The van der Waals surface area contributed by atoms with Crippen molar-refractivity contribution in [3.8, 4) is 68.8 Å². The van der Waals surface area contributed by atoms with Crippen LogP contribution < -0.4 is 0 Å². The molecule has 378 valence electrons. The van der Waals surface area contributed by atoms with Gasteiger partial charge in [-0.05, 0) is 114 Å². The van der Waals surface area contributed by atoms with E-state index >= 15 is 0 Å². The average molecular weight is 1030 g/mol. The molecule has 0 N–H and O–H groups in total. The molecule has 0 radical (unpaired) electrons. The number of benzene rings is 10. The first-order valence-corrected chi connectivity index (χ1v) is 25.9. The lowest BCUT2D eigenvalue weighted by Gasteiger charge is -2.16. The third kappa shape index (κ3) is 9.03. The summed E-state index contributed by atoms with van der Waals surface area (Å²) in [6.45, 7) is 0.311. The van der Waals surface area contributed by atoms with Gasteiger partial charge in [0.1, 0.15) is 19.3 Å². The first-order valence-electron chi connectivity index (χ1n) is 25.9. The van der Waals surface area contributed by atoms with Gasteiger partial charge >= 0.3 is 11.9 Å².